The van der Waals surface area contributed by atoms with Gasteiger partial charge in [-0.2, -0.15) is 0 Å². The Morgan fingerprint density at radius 1 is 1.38 bits per heavy atom. The summed E-state index contributed by atoms with van der Waals surface area (Å²) in [6, 6.07) is 0. The van der Waals surface area contributed by atoms with Gasteiger partial charge in [-0.3, -0.25) is 0 Å². The molecule has 0 spiro atoms. The molecule has 1 saturated heterocycles. The van der Waals surface area contributed by atoms with E-state index in [0.717, 1.165) is 6.42 Å². The van der Waals surface area contributed by atoms with Crippen LogP contribution in [0.25, 0.3) is 0 Å². The summed E-state index contributed by atoms with van der Waals surface area (Å²) in [6.07, 6.45) is 2.46. The molecule has 0 saturated carbocycles. The fourth-order valence-electron chi connectivity index (χ4n) is 1.96. The van der Waals surface area contributed by atoms with Gasteiger partial charge in [-0.15, -0.1) is 6.58 Å². The third kappa shape index (κ3) is 1.94. The van der Waals surface area contributed by atoms with Crippen molar-refractivity contribution in [1.82, 2.24) is 0 Å². The summed E-state index contributed by atoms with van der Waals surface area (Å²) >= 11 is 0. The molecule has 0 aliphatic carbocycles. The van der Waals surface area contributed by atoms with E-state index in [2.05, 4.69) is 20.4 Å². The summed E-state index contributed by atoms with van der Waals surface area (Å²) in [6.45, 7) is 9.98. The molecule has 0 bridgehead atoms. The molecule has 1 aliphatic heterocycles. The molecule has 76 valence electrons. The van der Waals surface area contributed by atoms with Gasteiger partial charge in [-0.1, -0.05) is 26.8 Å². The van der Waals surface area contributed by atoms with Crippen LogP contribution in [-0.4, -0.2) is 23.4 Å². The highest BCUT2D eigenvalue weighted by atomic mass is 16.5. The average Bonchev–Trinajstić information content (AvgIpc) is 2.15. The molecule has 5 unspecified atom stereocenters. The number of hydrogen-bond donors (Lipinski definition) is 1. The normalized spacial score (nSPS) is 46.0. The molecule has 1 N–H and O–H groups in total. The molecule has 1 fully saturated rings. The van der Waals surface area contributed by atoms with Crippen molar-refractivity contribution < 1.29 is 9.84 Å². The molecular formula is C11H20O2. The van der Waals surface area contributed by atoms with Gasteiger partial charge in [0.05, 0.1) is 18.3 Å². The van der Waals surface area contributed by atoms with Gasteiger partial charge in [0.2, 0.25) is 0 Å². The molecule has 1 aliphatic rings. The van der Waals surface area contributed by atoms with Crippen LogP contribution in [0.1, 0.15) is 27.2 Å². The summed E-state index contributed by atoms with van der Waals surface area (Å²) in [7, 11) is 0. The van der Waals surface area contributed by atoms with Crippen LogP contribution >= 0.6 is 0 Å². The first-order chi connectivity index (χ1) is 6.11. The highest BCUT2D eigenvalue weighted by Gasteiger charge is 2.38. The third-order valence-corrected chi connectivity index (χ3v) is 3.23. The Morgan fingerprint density at radius 2 is 2.00 bits per heavy atom. The van der Waals surface area contributed by atoms with E-state index < -0.39 is 0 Å². The minimum atomic E-state index is -0.323. The summed E-state index contributed by atoms with van der Waals surface area (Å²) < 4.78 is 5.71. The maximum absolute atomic E-state index is 9.86. The lowest BCUT2D eigenvalue weighted by Crippen LogP contribution is -2.48. The van der Waals surface area contributed by atoms with E-state index in [1.807, 2.05) is 13.0 Å². The van der Waals surface area contributed by atoms with Gasteiger partial charge < -0.3 is 9.84 Å². The second kappa shape index (κ2) is 4.25. The Kier molecular flexibility index (Phi) is 3.51. The monoisotopic (exact) mass is 184 g/mol. The van der Waals surface area contributed by atoms with Crippen LogP contribution in [0.5, 0.6) is 0 Å². The highest BCUT2D eigenvalue weighted by molar-refractivity contribution is 4.94. The first-order valence-electron chi connectivity index (χ1n) is 5.07. The third-order valence-electron chi connectivity index (χ3n) is 3.23. The Labute approximate surface area is 80.6 Å². The molecule has 5 atom stereocenters. The number of rotatable bonds is 2. The SMILES string of the molecule is C=CC1OC(CC)C(O)C(C)C1C. The summed E-state index contributed by atoms with van der Waals surface area (Å²) in [5.41, 5.74) is 0. The molecule has 2 nitrogen and oxygen atoms in total. The van der Waals surface area contributed by atoms with E-state index in [0.29, 0.717) is 11.8 Å². The van der Waals surface area contributed by atoms with Crippen LogP contribution in [0.2, 0.25) is 0 Å². The zero-order valence-corrected chi connectivity index (χ0v) is 8.73. The predicted molar refractivity (Wildman–Crippen MR) is 53.5 cm³/mol. The van der Waals surface area contributed by atoms with Crippen LogP contribution in [-0.2, 0) is 4.74 Å². The lowest BCUT2D eigenvalue weighted by atomic mass is 9.81. The molecule has 0 aromatic carbocycles. The summed E-state index contributed by atoms with van der Waals surface area (Å²) in [4.78, 5) is 0. The van der Waals surface area contributed by atoms with Gasteiger partial charge in [0.15, 0.2) is 0 Å². The Hall–Kier alpha value is -0.340. The Bertz CT molecular complexity index is 177. The lowest BCUT2D eigenvalue weighted by molar-refractivity contribution is -0.152. The number of aliphatic hydroxyl groups excluding tert-OH is 1. The van der Waals surface area contributed by atoms with E-state index in [9.17, 15) is 5.11 Å². The van der Waals surface area contributed by atoms with Crippen LogP contribution in [0.4, 0.5) is 0 Å². The van der Waals surface area contributed by atoms with Gasteiger partial charge >= 0.3 is 0 Å². The molecule has 2 heteroatoms. The first kappa shape index (κ1) is 10.7. The van der Waals surface area contributed by atoms with Crippen molar-refractivity contribution in [2.45, 2.75) is 45.5 Å². The van der Waals surface area contributed by atoms with Crippen LogP contribution < -0.4 is 0 Å². The molecule has 0 amide bonds. The maximum Gasteiger partial charge on any atom is 0.0842 e. The Balaban J connectivity index is 2.71. The minimum absolute atomic E-state index is 0.0193. The number of aliphatic hydroxyl groups is 1. The van der Waals surface area contributed by atoms with Crippen molar-refractivity contribution in [3.8, 4) is 0 Å². The summed E-state index contributed by atoms with van der Waals surface area (Å²) in [5, 5.41) is 9.86. The largest absolute Gasteiger partial charge is 0.390 e. The van der Waals surface area contributed by atoms with Gasteiger partial charge in [-0.05, 0) is 18.3 Å². The second-order valence-corrected chi connectivity index (χ2v) is 3.99. The van der Waals surface area contributed by atoms with E-state index in [1.165, 1.54) is 0 Å². The number of ether oxygens (including phenoxy) is 1. The first-order valence-corrected chi connectivity index (χ1v) is 5.07. The highest BCUT2D eigenvalue weighted by Crippen LogP contribution is 2.32. The van der Waals surface area contributed by atoms with Gasteiger partial charge in [-0.25, -0.2) is 0 Å². The van der Waals surface area contributed by atoms with Crippen LogP contribution in [0.3, 0.4) is 0 Å². The lowest BCUT2D eigenvalue weighted by Gasteiger charge is -2.41. The van der Waals surface area contributed by atoms with Crippen molar-refractivity contribution in [2.24, 2.45) is 11.8 Å². The average molecular weight is 184 g/mol. The fraction of sp³-hybridized carbons (Fsp3) is 0.818. The quantitative estimate of drug-likeness (QED) is 0.665. The van der Waals surface area contributed by atoms with Crippen molar-refractivity contribution in [1.29, 1.82) is 0 Å². The molecule has 1 rings (SSSR count). The van der Waals surface area contributed by atoms with Crippen molar-refractivity contribution in [3.05, 3.63) is 12.7 Å². The smallest absolute Gasteiger partial charge is 0.0842 e. The molecular weight excluding hydrogens is 164 g/mol. The van der Waals surface area contributed by atoms with Gasteiger partial charge in [0, 0.05) is 0 Å². The standard InChI is InChI=1S/C11H20O2/c1-5-9-7(3)8(4)11(12)10(6-2)13-9/h5,7-12H,1,6H2,2-4H3. The Morgan fingerprint density at radius 3 is 2.46 bits per heavy atom. The zero-order chi connectivity index (χ0) is 10.0. The van der Waals surface area contributed by atoms with Gasteiger partial charge in [0.25, 0.3) is 0 Å². The van der Waals surface area contributed by atoms with Gasteiger partial charge in [0.1, 0.15) is 0 Å². The van der Waals surface area contributed by atoms with E-state index in [1.54, 1.807) is 0 Å². The molecule has 1 heterocycles. The predicted octanol–water partition coefficient (Wildman–Crippen LogP) is 1.98. The van der Waals surface area contributed by atoms with Crippen molar-refractivity contribution in [2.75, 3.05) is 0 Å². The maximum atomic E-state index is 9.86. The zero-order valence-electron chi connectivity index (χ0n) is 8.73. The minimum Gasteiger partial charge on any atom is -0.390 e. The molecule has 0 radical (unpaired) electrons. The topological polar surface area (TPSA) is 29.5 Å². The fourth-order valence-corrected chi connectivity index (χ4v) is 1.96. The molecule has 0 aromatic heterocycles. The number of hydrogen-bond acceptors (Lipinski definition) is 2. The summed E-state index contributed by atoms with van der Waals surface area (Å²) in [5.74, 6) is 0.650. The van der Waals surface area contributed by atoms with E-state index >= 15 is 0 Å². The van der Waals surface area contributed by atoms with Crippen molar-refractivity contribution >= 4 is 0 Å². The van der Waals surface area contributed by atoms with E-state index in [-0.39, 0.29) is 18.3 Å². The second-order valence-electron chi connectivity index (χ2n) is 3.99. The van der Waals surface area contributed by atoms with Crippen molar-refractivity contribution in [3.63, 3.8) is 0 Å². The molecule has 0 aromatic rings. The van der Waals surface area contributed by atoms with Crippen LogP contribution in [0, 0.1) is 11.8 Å². The van der Waals surface area contributed by atoms with Crippen LogP contribution in [0.15, 0.2) is 12.7 Å². The molecule has 13 heavy (non-hydrogen) atoms. The van der Waals surface area contributed by atoms with E-state index in [4.69, 9.17) is 4.74 Å².